The van der Waals surface area contributed by atoms with Gasteiger partial charge in [0, 0.05) is 19.1 Å². The summed E-state index contributed by atoms with van der Waals surface area (Å²) in [4.78, 5) is 19.4. The van der Waals surface area contributed by atoms with Crippen LogP contribution >= 0.6 is 11.3 Å². The van der Waals surface area contributed by atoms with Crippen molar-refractivity contribution in [2.75, 3.05) is 19.6 Å². The first-order chi connectivity index (χ1) is 8.70. The molecule has 4 nitrogen and oxygen atoms in total. The Morgan fingerprint density at radius 3 is 2.83 bits per heavy atom. The lowest BCUT2D eigenvalue weighted by atomic mass is 10.0. The molecule has 0 unspecified atom stereocenters. The van der Waals surface area contributed by atoms with Crippen LogP contribution in [0, 0.1) is 6.92 Å². The number of hydrogen-bond donors (Lipinski definition) is 1. The van der Waals surface area contributed by atoms with Crippen LogP contribution in [0.5, 0.6) is 0 Å². The molecule has 0 aromatic carbocycles. The smallest absolute Gasteiger partial charge is 0.263 e. The first kappa shape index (κ1) is 13.5. The molecule has 1 N–H and O–H groups in total. The molecule has 18 heavy (non-hydrogen) atoms. The Bertz CT molecular complexity index is 397. The van der Waals surface area contributed by atoms with Crippen molar-refractivity contribution >= 4 is 17.2 Å². The lowest BCUT2D eigenvalue weighted by molar-refractivity contribution is 0.0914. The maximum Gasteiger partial charge on any atom is 0.263 e. The van der Waals surface area contributed by atoms with Gasteiger partial charge in [0.25, 0.3) is 5.91 Å². The number of nitrogens with one attached hydrogen (secondary N) is 1. The van der Waals surface area contributed by atoms with E-state index in [1.165, 1.54) is 24.3 Å². The molecule has 5 heteroatoms. The number of hydrogen-bond acceptors (Lipinski definition) is 4. The van der Waals surface area contributed by atoms with E-state index in [2.05, 4.69) is 22.1 Å². The number of thiazole rings is 1. The Balaban J connectivity index is 1.81. The third-order valence-electron chi connectivity index (χ3n) is 3.41. The Labute approximate surface area is 112 Å². The molecule has 0 spiro atoms. The maximum absolute atomic E-state index is 12.0. The molecule has 1 saturated heterocycles. The number of piperidine rings is 1. The number of aryl methyl sites for hydroxylation is 1. The fourth-order valence-electron chi connectivity index (χ4n) is 2.39. The molecule has 1 aromatic heterocycles. The van der Waals surface area contributed by atoms with E-state index in [4.69, 9.17) is 0 Å². The molecule has 1 aliphatic rings. The summed E-state index contributed by atoms with van der Waals surface area (Å²) in [6.45, 7) is 7.46. The fraction of sp³-hybridized carbons (Fsp3) is 0.692. The predicted molar refractivity (Wildman–Crippen MR) is 74.1 cm³/mol. The van der Waals surface area contributed by atoms with E-state index in [0.29, 0.717) is 6.04 Å². The van der Waals surface area contributed by atoms with E-state index in [-0.39, 0.29) is 5.91 Å². The van der Waals surface area contributed by atoms with Crippen molar-refractivity contribution < 1.29 is 4.79 Å². The van der Waals surface area contributed by atoms with Crippen LogP contribution in [0.3, 0.4) is 0 Å². The van der Waals surface area contributed by atoms with Crippen LogP contribution in [0.2, 0.25) is 0 Å². The molecular formula is C13H21N3OS. The van der Waals surface area contributed by atoms with Gasteiger partial charge in [0.05, 0.1) is 11.2 Å². The highest BCUT2D eigenvalue weighted by molar-refractivity contribution is 7.11. The zero-order valence-electron chi connectivity index (χ0n) is 11.1. The molecule has 0 saturated carbocycles. The second-order valence-corrected chi connectivity index (χ2v) is 5.71. The topological polar surface area (TPSA) is 45.2 Å². The number of aromatic nitrogens is 1. The van der Waals surface area contributed by atoms with Crippen LogP contribution in [-0.2, 0) is 0 Å². The Hall–Kier alpha value is -0.940. The molecule has 1 aromatic rings. The minimum Gasteiger partial charge on any atom is -0.348 e. The van der Waals surface area contributed by atoms with Crippen LogP contribution in [0.1, 0.15) is 41.6 Å². The van der Waals surface area contributed by atoms with E-state index in [0.717, 1.165) is 36.5 Å². The number of carbonyl (C=O) groups excluding carboxylic acids is 1. The molecule has 2 heterocycles. The van der Waals surface area contributed by atoms with Crippen LogP contribution in [0.4, 0.5) is 0 Å². The Morgan fingerprint density at radius 1 is 1.56 bits per heavy atom. The highest BCUT2D eigenvalue weighted by Crippen LogP contribution is 2.15. The highest BCUT2D eigenvalue weighted by atomic mass is 32.1. The van der Waals surface area contributed by atoms with E-state index in [1.54, 1.807) is 5.51 Å². The zero-order chi connectivity index (χ0) is 13.0. The monoisotopic (exact) mass is 267 g/mol. The molecule has 0 radical (unpaired) electrons. The van der Waals surface area contributed by atoms with Gasteiger partial charge in [-0.1, -0.05) is 6.92 Å². The molecule has 0 aliphatic carbocycles. The summed E-state index contributed by atoms with van der Waals surface area (Å²) >= 11 is 1.42. The van der Waals surface area contributed by atoms with Crippen LogP contribution in [0.25, 0.3) is 0 Å². The van der Waals surface area contributed by atoms with Gasteiger partial charge in [-0.15, -0.1) is 11.3 Å². The van der Waals surface area contributed by atoms with Crippen molar-refractivity contribution in [1.29, 1.82) is 0 Å². The summed E-state index contributed by atoms with van der Waals surface area (Å²) in [5, 5.41) is 3.13. The lowest BCUT2D eigenvalue weighted by Crippen LogP contribution is -2.44. The number of likely N-dealkylation sites (tertiary alicyclic amines) is 1. The molecule has 1 amide bonds. The molecule has 0 bridgehead atoms. The van der Waals surface area contributed by atoms with Gasteiger partial charge in [0.1, 0.15) is 4.88 Å². The van der Waals surface area contributed by atoms with Crippen LogP contribution in [-0.4, -0.2) is 41.5 Å². The molecule has 1 aliphatic heterocycles. The summed E-state index contributed by atoms with van der Waals surface area (Å²) in [7, 11) is 0. The van der Waals surface area contributed by atoms with E-state index in [1.807, 2.05) is 6.92 Å². The van der Waals surface area contributed by atoms with E-state index in [9.17, 15) is 4.79 Å². The standard InChI is InChI=1S/C13H21N3OS/c1-3-6-16-7-4-11(5-8-16)15-13(17)12-10(2)14-9-18-12/h9,11H,3-8H2,1-2H3,(H,15,17). The normalized spacial score (nSPS) is 17.9. The van der Waals surface area contributed by atoms with E-state index >= 15 is 0 Å². The molecular weight excluding hydrogens is 246 g/mol. The summed E-state index contributed by atoms with van der Waals surface area (Å²) < 4.78 is 0. The molecule has 2 rings (SSSR count). The van der Waals surface area contributed by atoms with Crippen molar-refractivity contribution in [3.63, 3.8) is 0 Å². The number of rotatable bonds is 4. The Morgan fingerprint density at radius 2 is 2.28 bits per heavy atom. The van der Waals surface area contributed by atoms with Gasteiger partial charge in [0.15, 0.2) is 0 Å². The number of amides is 1. The second-order valence-electron chi connectivity index (χ2n) is 4.86. The molecule has 1 fully saturated rings. The van der Waals surface area contributed by atoms with Crippen molar-refractivity contribution in [2.24, 2.45) is 0 Å². The van der Waals surface area contributed by atoms with Crippen molar-refractivity contribution in [3.8, 4) is 0 Å². The largest absolute Gasteiger partial charge is 0.348 e. The van der Waals surface area contributed by atoms with Gasteiger partial charge in [-0.2, -0.15) is 0 Å². The average molecular weight is 267 g/mol. The molecule has 100 valence electrons. The zero-order valence-corrected chi connectivity index (χ0v) is 11.9. The van der Waals surface area contributed by atoms with E-state index < -0.39 is 0 Å². The summed E-state index contributed by atoms with van der Waals surface area (Å²) in [6, 6.07) is 0.326. The van der Waals surface area contributed by atoms with Gasteiger partial charge in [0.2, 0.25) is 0 Å². The van der Waals surface area contributed by atoms with Crippen molar-refractivity contribution in [1.82, 2.24) is 15.2 Å². The van der Waals surface area contributed by atoms with Gasteiger partial charge >= 0.3 is 0 Å². The van der Waals surface area contributed by atoms with Crippen LogP contribution < -0.4 is 5.32 Å². The lowest BCUT2D eigenvalue weighted by Gasteiger charge is -2.31. The van der Waals surface area contributed by atoms with Crippen LogP contribution in [0.15, 0.2) is 5.51 Å². The number of nitrogens with zero attached hydrogens (tertiary/aromatic N) is 2. The third kappa shape index (κ3) is 3.29. The fourth-order valence-corrected chi connectivity index (χ4v) is 3.09. The average Bonchev–Trinajstić information content (AvgIpc) is 2.78. The van der Waals surface area contributed by atoms with Gasteiger partial charge in [-0.3, -0.25) is 4.79 Å². The first-order valence-electron chi connectivity index (χ1n) is 6.64. The minimum atomic E-state index is 0.0453. The predicted octanol–water partition coefficient (Wildman–Crippen LogP) is 2.06. The SMILES string of the molecule is CCCN1CCC(NC(=O)c2scnc2C)CC1. The Kier molecular flexibility index (Phi) is 4.72. The van der Waals surface area contributed by atoms with Gasteiger partial charge in [-0.25, -0.2) is 4.98 Å². The summed E-state index contributed by atoms with van der Waals surface area (Å²) in [5.41, 5.74) is 2.56. The second kappa shape index (κ2) is 6.29. The van der Waals surface area contributed by atoms with Crippen molar-refractivity contribution in [3.05, 3.63) is 16.1 Å². The highest BCUT2D eigenvalue weighted by Gasteiger charge is 2.21. The van der Waals surface area contributed by atoms with Gasteiger partial charge in [-0.05, 0) is 32.7 Å². The quantitative estimate of drug-likeness (QED) is 0.908. The third-order valence-corrected chi connectivity index (χ3v) is 4.34. The summed E-state index contributed by atoms with van der Waals surface area (Å²) in [5.74, 6) is 0.0453. The first-order valence-corrected chi connectivity index (χ1v) is 7.52. The summed E-state index contributed by atoms with van der Waals surface area (Å²) in [6.07, 6.45) is 3.32. The van der Waals surface area contributed by atoms with Gasteiger partial charge < -0.3 is 10.2 Å². The van der Waals surface area contributed by atoms with Crippen molar-refractivity contribution in [2.45, 2.75) is 39.2 Å². The minimum absolute atomic E-state index is 0.0453. The maximum atomic E-state index is 12.0. The molecule has 0 atom stereocenters. The number of carbonyl (C=O) groups is 1.